The average Bonchev–Trinajstić information content (AvgIpc) is 2.49. The van der Waals surface area contributed by atoms with Gasteiger partial charge < -0.3 is 5.32 Å². The van der Waals surface area contributed by atoms with E-state index in [-0.39, 0.29) is 6.04 Å². The van der Waals surface area contributed by atoms with Crippen LogP contribution in [0, 0.1) is 0 Å². The van der Waals surface area contributed by atoms with Crippen molar-refractivity contribution in [1.82, 2.24) is 15.3 Å². The molecule has 0 fully saturated rings. The lowest BCUT2D eigenvalue weighted by Crippen LogP contribution is -2.17. The van der Waals surface area contributed by atoms with Gasteiger partial charge >= 0.3 is 0 Å². The summed E-state index contributed by atoms with van der Waals surface area (Å²) in [6, 6.07) is 16.8. The third-order valence-electron chi connectivity index (χ3n) is 3.25. The van der Waals surface area contributed by atoms with Gasteiger partial charge in [-0.05, 0) is 30.3 Å². The van der Waals surface area contributed by atoms with Gasteiger partial charge in [-0.2, -0.15) is 0 Å². The van der Waals surface area contributed by atoms with Crippen molar-refractivity contribution in [2.45, 2.75) is 6.04 Å². The van der Waals surface area contributed by atoms with Crippen LogP contribution in [0.4, 0.5) is 0 Å². The monoisotopic (exact) mass is 249 g/mol. The van der Waals surface area contributed by atoms with Gasteiger partial charge in [-0.15, -0.1) is 0 Å². The van der Waals surface area contributed by atoms with Gasteiger partial charge in [0.2, 0.25) is 0 Å². The van der Waals surface area contributed by atoms with Gasteiger partial charge in [-0.3, -0.25) is 9.97 Å². The number of aromatic nitrogens is 2. The van der Waals surface area contributed by atoms with Gasteiger partial charge in [-0.1, -0.05) is 36.4 Å². The molecule has 0 radical (unpaired) electrons. The lowest BCUT2D eigenvalue weighted by atomic mass is 9.98. The SMILES string of the molecule is CNC(c1ccccc1)c1ccc2nccnc2c1. The van der Waals surface area contributed by atoms with Gasteiger partial charge in [-0.25, -0.2) is 0 Å². The Kier molecular flexibility index (Phi) is 3.21. The fraction of sp³-hybridized carbons (Fsp3) is 0.125. The lowest BCUT2D eigenvalue weighted by molar-refractivity contribution is 0.692. The summed E-state index contributed by atoms with van der Waals surface area (Å²) in [7, 11) is 1.97. The van der Waals surface area contributed by atoms with E-state index < -0.39 is 0 Å². The molecule has 1 N–H and O–H groups in total. The quantitative estimate of drug-likeness (QED) is 0.775. The van der Waals surface area contributed by atoms with Crippen LogP contribution in [-0.2, 0) is 0 Å². The first-order valence-electron chi connectivity index (χ1n) is 6.31. The minimum absolute atomic E-state index is 0.174. The van der Waals surface area contributed by atoms with Gasteiger partial charge in [0.25, 0.3) is 0 Å². The zero-order valence-corrected chi connectivity index (χ0v) is 10.7. The number of hydrogen-bond donors (Lipinski definition) is 1. The number of nitrogens with one attached hydrogen (secondary N) is 1. The van der Waals surface area contributed by atoms with Crippen LogP contribution in [-0.4, -0.2) is 17.0 Å². The van der Waals surface area contributed by atoms with Gasteiger partial charge in [0.1, 0.15) is 0 Å². The van der Waals surface area contributed by atoms with E-state index in [0.29, 0.717) is 0 Å². The largest absolute Gasteiger partial charge is 0.309 e. The molecule has 1 aromatic heterocycles. The highest BCUT2D eigenvalue weighted by molar-refractivity contribution is 5.74. The van der Waals surface area contributed by atoms with Crippen LogP contribution in [0.5, 0.6) is 0 Å². The first-order chi connectivity index (χ1) is 9.38. The van der Waals surface area contributed by atoms with Crippen LogP contribution < -0.4 is 5.32 Å². The number of rotatable bonds is 3. The average molecular weight is 249 g/mol. The predicted octanol–water partition coefficient (Wildman–Crippen LogP) is 2.94. The van der Waals surface area contributed by atoms with E-state index in [4.69, 9.17) is 0 Å². The molecule has 0 saturated heterocycles. The van der Waals surface area contributed by atoms with Crippen LogP contribution >= 0.6 is 0 Å². The number of benzene rings is 2. The Morgan fingerprint density at radius 3 is 2.32 bits per heavy atom. The van der Waals surface area contributed by atoms with Crippen molar-refractivity contribution in [3.05, 3.63) is 72.1 Å². The third kappa shape index (κ3) is 2.33. The lowest BCUT2D eigenvalue weighted by Gasteiger charge is -2.17. The highest BCUT2D eigenvalue weighted by Gasteiger charge is 2.12. The Hall–Kier alpha value is -2.26. The van der Waals surface area contributed by atoms with Crippen molar-refractivity contribution in [1.29, 1.82) is 0 Å². The molecule has 3 nitrogen and oxygen atoms in total. The van der Waals surface area contributed by atoms with Gasteiger partial charge in [0.15, 0.2) is 0 Å². The summed E-state index contributed by atoms with van der Waals surface area (Å²) in [6.07, 6.45) is 3.44. The highest BCUT2D eigenvalue weighted by Crippen LogP contribution is 2.23. The van der Waals surface area contributed by atoms with Crippen molar-refractivity contribution in [3.8, 4) is 0 Å². The molecule has 19 heavy (non-hydrogen) atoms. The zero-order chi connectivity index (χ0) is 13.1. The second-order valence-electron chi connectivity index (χ2n) is 4.44. The minimum Gasteiger partial charge on any atom is -0.309 e. The summed E-state index contributed by atoms with van der Waals surface area (Å²) in [5.41, 5.74) is 4.29. The molecule has 0 aliphatic rings. The molecule has 0 saturated carbocycles. The Morgan fingerprint density at radius 1 is 0.842 bits per heavy atom. The highest BCUT2D eigenvalue weighted by atomic mass is 14.9. The molecule has 94 valence electrons. The van der Waals surface area contributed by atoms with E-state index in [1.54, 1.807) is 12.4 Å². The summed E-state index contributed by atoms with van der Waals surface area (Å²) < 4.78 is 0. The molecule has 1 unspecified atom stereocenters. The Morgan fingerprint density at radius 2 is 1.58 bits per heavy atom. The predicted molar refractivity (Wildman–Crippen MR) is 76.9 cm³/mol. The second-order valence-corrected chi connectivity index (χ2v) is 4.44. The molecular weight excluding hydrogens is 234 g/mol. The van der Waals surface area contributed by atoms with Crippen molar-refractivity contribution in [3.63, 3.8) is 0 Å². The number of hydrogen-bond acceptors (Lipinski definition) is 3. The van der Waals surface area contributed by atoms with Crippen LogP contribution in [0.15, 0.2) is 60.9 Å². The van der Waals surface area contributed by atoms with Crippen LogP contribution in [0.3, 0.4) is 0 Å². The smallest absolute Gasteiger partial charge is 0.0890 e. The molecule has 3 aromatic rings. The van der Waals surface area contributed by atoms with Crippen molar-refractivity contribution in [2.75, 3.05) is 7.05 Å². The fourth-order valence-electron chi connectivity index (χ4n) is 2.33. The topological polar surface area (TPSA) is 37.8 Å². The summed E-state index contributed by atoms with van der Waals surface area (Å²) in [6.45, 7) is 0. The fourth-order valence-corrected chi connectivity index (χ4v) is 2.33. The molecular formula is C16H15N3. The molecule has 3 heteroatoms. The van der Waals surface area contributed by atoms with Gasteiger partial charge in [0, 0.05) is 12.4 Å². The van der Waals surface area contributed by atoms with E-state index in [9.17, 15) is 0 Å². The van der Waals surface area contributed by atoms with E-state index in [1.807, 2.05) is 19.2 Å². The Labute approximate surface area is 112 Å². The van der Waals surface area contributed by atoms with E-state index >= 15 is 0 Å². The molecule has 1 heterocycles. The molecule has 1 atom stereocenters. The Balaban J connectivity index is 2.06. The summed E-state index contributed by atoms with van der Waals surface area (Å²) in [5.74, 6) is 0. The maximum atomic E-state index is 4.36. The normalized spacial score (nSPS) is 12.5. The molecule has 0 bridgehead atoms. The molecule has 0 aliphatic carbocycles. The summed E-state index contributed by atoms with van der Waals surface area (Å²) >= 11 is 0. The number of fused-ring (bicyclic) bond motifs is 1. The van der Waals surface area contributed by atoms with Crippen LogP contribution in [0.1, 0.15) is 17.2 Å². The second kappa shape index (κ2) is 5.16. The van der Waals surface area contributed by atoms with Crippen LogP contribution in [0.25, 0.3) is 11.0 Å². The van der Waals surface area contributed by atoms with E-state index in [0.717, 1.165) is 11.0 Å². The molecule has 0 aliphatic heterocycles. The van der Waals surface area contributed by atoms with Gasteiger partial charge in [0.05, 0.1) is 17.1 Å². The minimum atomic E-state index is 0.174. The van der Waals surface area contributed by atoms with E-state index in [2.05, 4.69) is 51.7 Å². The van der Waals surface area contributed by atoms with E-state index in [1.165, 1.54) is 11.1 Å². The summed E-state index contributed by atoms with van der Waals surface area (Å²) in [5, 5.41) is 3.35. The molecule has 0 amide bonds. The maximum Gasteiger partial charge on any atom is 0.0890 e. The molecule has 3 rings (SSSR count). The summed E-state index contributed by atoms with van der Waals surface area (Å²) in [4.78, 5) is 8.66. The van der Waals surface area contributed by atoms with Crippen molar-refractivity contribution >= 4 is 11.0 Å². The van der Waals surface area contributed by atoms with Crippen molar-refractivity contribution in [2.24, 2.45) is 0 Å². The van der Waals surface area contributed by atoms with Crippen molar-refractivity contribution < 1.29 is 0 Å². The first-order valence-corrected chi connectivity index (χ1v) is 6.31. The number of nitrogens with zero attached hydrogens (tertiary/aromatic N) is 2. The first kappa shape index (κ1) is 11.8. The van der Waals surface area contributed by atoms with Crippen LogP contribution in [0.2, 0.25) is 0 Å². The molecule has 0 spiro atoms. The third-order valence-corrected chi connectivity index (χ3v) is 3.25. The Bertz CT molecular complexity index is 680. The zero-order valence-electron chi connectivity index (χ0n) is 10.7. The standard InChI is InChI=1S/C16H15N3/c1-17-16(12-5-3-2-4-6-12)13-7-8-14-15(11-13)19-10-9-18-14/h2-11,16-17H,1H3. The maximum absolute atomic E-state index is 4.36. The molecule has 2 aromatic carbocycles.